The number of hydrogen-bond acceptors (Lipinski definition) is 5. The lowest BCUT2D eigenvalue weighted by atomic mass is 9.93. The number of alkyl halides is 12. The van der Waals surface area contributed by atoms with Gasteiger partial charge in [-0.25, -0.2) is 4.79 Å². The van der Waals surface area contributed by atoms with Crippen LogP contribution in [0.3, 0.4) is 0 Å². The van der Waals surface area contributed by atoms with Crippen LogP contribution < -0.4 is 0 Å². The Morgan fingerprint density at radius 2 is 1.07 bits per heavy atom. The van der Waals surface area contributed by atoms with E-state index in [2.05, 4.69) is 8.92 Å². The van der Waals surface area contributed by atoms with E-state index in [9.17, 15) is 65.9 Å². The van der Waals surface area contributed by atoms with Crippen LogP contribution in [0.5, 0.6) is 0 Å². The van der Waals surface area contributed by atoms with Crippen molar-refractivity contribution in [1.29, 1.82) is 0 Å². The molecule has 0 bridgehead atoms. The molecule has 0 aromatic rings. The minimum atomic E-state index is -8.17. The van der Waals surface area contributed by atoms with Crippen molar-refractivity contribution in [1.82, 2.24) is 0 Å². The second-order valence-electron chi connectivity index (χ2n) is 4.39. The molecule has 1 atom stereocenters. The third-order valence-electron chi connectivity index (χ3n) is 2.61. The molecule has 0 heterocycles. The van der Waals surface area contributed by atoms with Crippen LogP contribution in [0, 0.1) is 0 Å². The van der Waals surface area contributed by atoms with Crippen molar-refractivity contribution < 1.29 is 79.4 Å². The van der Waals surface area contributed by atoms with Crippen molar-refractivity contribution in [3.8, 4) is 0 Å². The molecule has 0 saturated carbocycles. The van der Waals surface area contributed by atoms with E-state index >= 15 is 0 Å². The summed E-state index contributed by atoms with van der Waals surface area (Å²) in [6.07, 6.45) is -7.59. The van der Waals surface area contributed by atoms with E-state index in [0.717, 1.165) is 0 Å². The Bertz CT molecular complexity index is 684. The van der Waals surface area contributed by atoms with Crippen LogP contribution in [0.4, 0.5) is 52.7 Å². The fourth-order valence-corrected chi connectivity index (χ4v) is 1.73. The van der Waals surface area contributed by atoms with E-state index in [1.807, 2.05) is 0 Å². The Hall–Kier alpha value is -1.50. The summed E-state index contributed by atoms with van der Waals surface area (Å²) >= 11 is 0. The van der Waals surface area contributed by atoms with Crippen molar-refractivity contribution in [3.63, 3.8) is 0 Å². The Morgan fingerprint density at radius 1 is 0.741 bits per heavy atom. The zero-order chi connectivity index (χ0) is 22.5. The van der Waals surface area contributed by atoms with Gasteiger partial charge in [0.1, 0.15) is 0 Å². The number of rotatable bonds is 7. The van der Waals surface area contributed by atoms with Gasteiger partial charge in [-0.3, -0.25) is 4.55 Å². The van der Waals surface area contributed by atoms with E-state index < -0.39 is 52.1 Å². The van der Waals surface area contributed by atoms with Crippen molar-refractivity contribution in [2.45, 2.75) is 35.7 Å². The average Bonchev–Trinajstić information content (AvgIpc) is 2.42. The molecule has 0 fully saturated rings. The van der Waals surface area contributed by atoms with Crippen molar-refractivity contribution in [2.24, 2.45) is 0 Å². The Labute approximate surface area is 140 Å². The molecule has 0 aliphatic rings. The first-order valence-corrected chi connectivity index (χ1v) is 6.84. The van der Waals surface area contributed by atoms with Crippen LogP contribution in [0.15, 0.2) is 0 Å². The number of ether oxygens (including phenoxy) is 1. The minimum Gasteiger partial charge on any atom is -0.465 e. The molecule has 0 radical (unpaired) electrons. The average molecular weight is 456 g/mol. The third kappa shape index (κ3) is 3.75. The molecule has 1 N–H and O–H groups in total. The van der Waals surface area contributed by atoms with E-state index in [1.165, 1.54) is 0 Å². The standard InChI is InChI=1S/C8H4F12O6S/c1-25-2(21)3(9,26-27(22,23)24)4(10,11)5(12,13)6(14,15)7(16,17)8(18,19)20/h1H3,(H,22,23,24). The molecule has 0 aliphatic heterocycles. The van der Waals surface area contributed by atoms with Crippen LogP contribution >= 0.6 is 0 Å². The second kappa shape index (κ2) is 6.54. The minimum absolute atomic E-state index is 0.166. The van der Waals surface area contributed by atoms with Gasteiger partial charge in [0.15, 0.2) is 0 Å². The fraction of sp³-hybridized carbons (Fsp3) is 0.875. The van der Waals surface area contributed by atoms with Gasteiger partial charge in [0, 0.05) is 0 Å². The normalized spacial score (nSPS) is 17.4. The summed E-state index contributed by atoms with van der Waals surface area (Å²) in [4.78, 5) is 10.8. The van der Waals surface area contributed by atoms with Crippen LogP contribution in [0.2, 0.25) is 0 Å². The van der Waals surface area contributed by atoms with Crippen LogP contribution in [0.1, 0.15) is 0 Å². The maximum atomic E-state index is 13.8. The SMILES string of the molecule is COC(=O)C(F)(OS(=O)(=O)O)C(F)(F)C(F)(F)C(F)(F)C(F)(F)C(F)(F)F. The largest absolute Gasteiger partial charge is 0.465 e. The van der Waals surface area contributed by atoms with Gasteiger partial charge in [-0.2, -0.15) is 65.3 Å². The van der Waals surface area contributed by atoms with Crippen molar-refractivity contribution in [3.05, 3.63) is 0 Å². The number of halogens is 12. The lowest BCUT2D eigenvalue weighted by molar-refractivity contribution is -0.439. The van der Waals surface area contributed by atoms with Crippen LogP contribution in [-0.4, -0.2) is 61.8 Å². The van der Waals surface area contributed by atoms with Gasteiger partial charge in [0.2, 0.25) is 0 Å². The first-order chi connectivity index (χ1) is 11.4. The molecule has 0 amide bonds. The van der Waals surface area contributed by atoms with Gasteiger partial charge in [0.05, 0.1) is 7.11 Å². The van der Waals surface area contributed by atoms with Crippen molar-refractivity contribution in [2.75, 3.05) is 7.11 Å². The van der Waals surface area contributed by atoms with E-state index in [-0.39, 0.29) is 7.11 Å². The van der Waals surface area contributed by atoms with Gasteiger partial charge < -0.3 is 4.74 Å². The summed E-state index contributed by atoms with van der Waals surface area (Å²) < 4.78 is 188. The van der Waals surface area contributed by atoms with Crippen molar-refractivity contribution >= 4 is 16.4 Å². The van der Waals surface area contributed by atoms with E-state index in [1.54, 1.807) is 0 Å². The highest BCUT2D eigenvalue weighted by molar-refractivity contribution is 7.81. The molecule has 162 valence electrons. The molecule has 6 nitrogen and oxygen atoms in total. The lowest BCUT2D eigenvalue weighted by Crippen LogP contribution is -2.72. The zero-order valence-corrected chi connectivity index (χ0v) is 12.7. The first kappa shape index (κ1) is 25.5. The summed E-state index contributed by atoms with van der Waals surface area (Å²) in [5, 5.41) is 0. The van der Waals surface area contributed by atoms with Gasteiger partial charge in [-0.1, -0.05) is 0 Å². The maximum absolute atomic E-state index is 13.8. The van der Waals surface area contributed by atoms with E-state index in [0.29, 0.717) is 0 Å². The lowest BCUT2D eigenvalue weighted by Gasteiger charge is -2.40. The summed E-state index contributed by atoms with van der Waals surface area (Å²) in [6, 6.07) is 0. The number of methoxy groups -OCH3 is 1. The van der Waals surface area contributed by atoms with Crippen LogP contribution in [-0.2, 0) is 24.1 Å². The van der Waals surface area contributed by atoms with Gasteiger partial charge in [0.25, 0.3) is 0 Å². The Balaban J connectivity index is 6.77. The molecule has 0 aliphatic carbocycles. The molecular weight excluding hydrogens is 452 g/mol. The predicted molar refractivity (Wildman–Crippen MR) is 54.3 cm³/mol. The molecular formula is C8H4F12O6S. The number of esters is 1. The maximum Gasteiger partial charge on any atom is 0.460 e. The highest BCUT2D eigenvalue weighted by atomic mass is 32.3. The summed E-state index contributed by atoms with van der Waals surface area (Å²) in [5.41, 5.74) is 0. The second-order valence-corrected chi connectivity index (χ2v) is 5.42. The topological polar surface area (TPSA) is 89.9 Å². The number of carbonyl (C=O) groups excluding carboxylic acids is 1. The monoisotopic (exact) mass is 456 g/mol. The van der Waals surface area contributed by atoms with Gasteiger partial charge in [-0.05, 0) is 0 Å². The molecule has 0 spiro atoms. The fourth-order valence-electron chi connectivity index (χ4n) is 1.27. The third-order valence-corrected chi connectivity index (χ3v) is 3.05. The molecule has 27 heavy (non-hydrogen) atoms. The molecule has 1 unspecified atom stereocenters. The zero-order valence-electron chi connectivity index (χ0n) is 11.9. The molecule has 0 rings (SSSR count). The smallest absolute Gasteiger partial charge is 0.460 e. The van der Waals surface area contributed by atoms with E-state index in [4.69, 9.17) is 4.55 Å². The highest BCUT2D eigenvalue weighted by Crippen LogP contribution is 2.60. The summed E-state index contributed by atoms with van der Waals surface area (Å²) in [5.74, 6) is -42.3. The van der Waals surface area contributed by atoms with Gasteiger partial charge in [-0.15, -0.1) is 0 Å². The predicted octanol–water partition coefficient (Wildman–Crippen LogP) is 2.75. The molecule has 19 heteroatoms. The number of hydrogen-bond donors (Lipinski definition) is 1. The molecule has 0 saturated heterocycles. The Morgan fingerprint density at radius 3 is 1.33 bits per heavy atom. The molecule has 0 aromatic heterocycles. The summed E-state index contributed by atoms with van der Waals surface area (Å²) in [7, 11) is -6.90. The number of carbonyl (C=O) groups is 1. The molecule has 0 aromatic carbocycles. The quantitative estimate of drug-likeness (QED) is 0.360. The highest BCUT2D eigenvalue weighted by Gasteiger charge is 2.92. The van der Waals surface area contributed by atoms with Gasteiger partial charge >= 0.3 is 52.1 Å². The first-order valence-electron chi connectivity index (χ1n) is 5.47. The Kier molecular flexibility index (Phi) is 6.17. The van der Waals surface area contributed by atoms with Crippen LogP contribution in [0.25, 0.3) is 0 Å². The summed E-state index contributed by atoms with van der Waals surface area (Å²) in [6.45, 7) is 0.